The van der Waals surface area contributed by atoms with Crippen LogP contribution in [0.5, 0.6) is 0 Å². The third kappa shape index (κ3) is 3.65. The maximum atomic E-state index is 12.2. The normalized spacial score (nSPS) is 21.7. The fourth-order valence-electron chi connectivity index (χ4n) is 3.08. The average Bonchev–Trinajstić information content (AvgIpc) is 3.21. The first kappa shape index (κ1) is 15.0. The van der Waals surface area contributed by atoms with Gasteiger partial charge in [0.15, 0.2) is 0 Å². The van der Waals surface area contributed by atoms with Crippen LogP contribution in [0.2, 0.25) is 0 Å². The molecule has 0 radical (unpaired) electrons. The summed E-state index contributed by atoms with van der Waals surface area (Å²) in [5, 5.41) is 5.88. The van der Waals surface area contributed by atoms with E-state index >= 15 is 0 Å². The van der Waals surface area contributed by atoms with Crippen molar-refractivity contribution in [1.29, 1.82) is 0 Å². The predicted molar refractivity (Wildman–Crippen MR) is 83.8 cm³/mol. The van der Waals surface area contributed by atoms with Gasteiger partial charge in [0.05, 0.1) is 0 Å². The highest BCUT2D eigenvalue weighted by molar-refractivity contribution is 5.98. The first-order valence-electron chi connectivity index (χ1n) is 8.06. The Kier molecular flexibility index (Phi) is 4.73. The smallest absolute Gasteiger partial charge is 0.253 e. The number of ether oxygens (including phenoxy) is 1. The zero-order valence-electron chi connectivity index (χ0n) is 12.6. The third-order valence-corrected chi connectivity index (χ3v) is 4.30. The van der Waals surface area contributed by atoms with Gasteiger partial charge >= 0.3 is 0 Å². The van der Waals surface area contributed by atoms with Crippen LogP contribution in [0.3, 0.4) is 0 Å². The molecule has 1 aromatic carbocycles. The number of benzene rings is 1. The molecule has 2 aliphatic rings. The molecule has 0 aromatic heterocycles. The second-order valence-corrected chi connectivity index (χ2v) is 6.03. The van der Waals surface area contributed by atoms with Gasteiger partial charge in [-0.25, -0.2) is 0 Å². The van der Waals surface area contributed by atoms with Crippen LogP contribution in [0.4, 0.5) is 5.69 Å². The summed E-state index contributed by atoms with van der Waals surface area (Å²) in [5.41, 5.74) is 1.22. The van der Waals surface area contributed by atoms with Gasteiger partial charge in [0.1, 0.15) is 6.10 Å². The Morgan fingerprint density at radius 2 is 1.91 bits per heavy atom. The number of nitrogens with one attached hydrogen (secondary N) is 2. The molecule has 22 heavy (non-hydrogen) atoms. The summed E-state index contributed by atoms with van der Waals surface area (Å²) in [4.78, 5) is 24.3. The molecular weight excluding hydrogens is 280 g/mol. The van der Waals surface area contributed by atoms with Crippen molar-refractivity contribution in [1.82, 2.24) is 5.32 Å². The van der Waals surface area contributed by atoms with Crippen molar-refractivity contribution in [2.75, 3.05) is 11.9 Å². The summed E-state index contributed by atoms with van der Waals surface area (Å²) >= 11 is 0. The van der Waals surface area contributed by atoms with Crippen molar-refractivity contribution in [3.05, 3.63) is 29.8 Å². The van der Waals surface area contributed by atoms with Crippen molar-refractivity contribution >= 4 is 17.5 Å². The summed E-state index contributed by atoms with van der Waals surface area (Å²) in [7, 11) is 0. The molecule has 1 heterocycles. The van der Waals surface area contributed by atoms with E-state index in [1.165, 1.54) is 12.8 Å². The Bertz CT molecular complexity index is 547. The van der Waals surface area contributed by atoms with Crippen LogP contribution in [0.1, 0.15) is 48.9 Å². The Morgan fingerprint density at radius 3 is 2.64 bits per heavy atom. The maximum Gasteiger partial charge on any atom is 0.253 e. The van der Waals surface area contributed by atoms with Crippen LogP contribution in [0.25, 0.3) is 0 Å². The van der Waals surface area contributed by atoms with Crippen LogP contribution in [-0.2, 0) is 9.53 Å². The van der Waals surface area contributed by atoms with Gasteiger partial charge in [-0.2, -0.15) is 0 Å². The highest BCUT2D eigenvalue weighted by atomic mass is 16.5. The van der Waals surface area contributed by atoms with Gasteiger partial charge in [-0.05, 0) is 43.9 Å². The van der Waals surface area contributed by atoms with Gasteiger partial charge in [0, 0.05) is 23.9 Å². The molecular formula is C17H22N2O3. The van der Waals surface area contributed by atoms with Crippen molar-refractivity contribution in [2.45, 2.75) is 50.7 Å². The van der Waals surface area contributed by atoms with E-state index in [9.17, 15) is 9.59 Å². The number of anilines is 1. The summed E-state index contributed by atoms with van der Waals surface area (Å²) in [6.07, 6.45) is 5.79. The number of hydrogen-bond acceptors (Lipinski definition) is 3. The monoisotopic (exact) mass is 302 g/mol. The zero-order valence-corrected chi connectivity index (χ0v) is 12.6. The topological polar surface area (TPSA) is 67.4 Å². The first-order valence-corrected chi connectivity index (χ1v) is 8.06. The van der Waals surface area contributed by atoms with E-state index in [1.807, 2.05) is 0 Å². The lowest BCUT2D eigenvalue weighted by atomic mass is 10.1. The van der Waals surface area contributed by atoms with E-state index in [0.29, 0.717) is 17.9 Å². The summed E-state index contributed by atoms with van der Waals surface area (Å²) in [6, 6.07) is 7.36. The van der Waals surface area contributed by atoms with Crippen LogP contribution >= 0.6 is 0 Å². The predicted octanol–water partition coefficient (Wildman–Crippen LogP) is 2.48. The van der Waals surface area contributed by atoms with E-state index in [0.717, 1.165) is 25.7 Å². The summed E-state index contributed by atoms with van der Waals surface area (Å²) < 4.78 is 5.36. The van der Waals surface area contributed by atoms with Crippen LogP contribution in [0, 0.1) is 0 Å². The molecule has 118 valence electrons. The van der Waals surface area contributed by atoms with Gasteiger partial charge in [0.2, 0.25) is 0 Å². The van der Waals surface area contributed by atoms with E-state index in [-0.39, 0.29) is 24.0 Å². The van der Waals surface area contributed by atoms with Gasteiger partial charge in [0.25, 0.3) is 11.8 Å². The zero-order chi connectivity index (χ0) is 15.4. The number of amides is 2. The van der Waals surface area contributed by atoms with E-state index in [2.05, 4.69) is 10.6 Å². The molecule has 1 atom stereocenters. The molecule has 1 aromatic rings. The Balaban J connectivity index is 1.61. The minimum absolute atomic E-state index is 0.0693. The lowest BCUT2D eigenvalue weighted by Crippen LogP contribution is -2.32. The quantitative estimate of drug-likeness (QED) is 0.898. The molecule has 5 nitrogen and oxygen atoms in total. The number of carbonyl (C=O) groups is 2. The second-order valence-electron chi connectivity index (χ2n) is 6.03. The molecule has 0 spiro atoms. The van der Waals surface area contributed by atoms with Gasteiger partial charge in [-0.15, -0.1) is 0 Å². The lowest BCUT2D eigenvalue weighted by molar-refractivity contribution is -0.124. The van der Waals surface area contributed by atoms with Crippen molar-refractivity contribution in [2.24, 2.45) is 0 Å². The first-order chi connectivity index (χ1) is 10.7. The molecule has 1 saturated carbocycles. The van der Waals surface area contributed by atoms with Gasteiger partial charge in [-0.3, -0.25) is 9.59 Å². The lowest BCUT2D eigenvalue weighted by Gasteiger charge is -2.13. The number of carbonyl (C=O) groups excluding carboxylic acids is 2. The highest BCUT2D eigenvalue weighted by Gasteiger charge is 2.24. The second kappa shape index (κ2) is 6.92. The SMILES string of the molecule is O=C(NC1CCCC1)c1cccc(NC(=O)C2CCCO2)c1. The van der Waals surface area contributed by atoms with Crippen molar-refractivity contribution < 1.29 is 14.3 Å². The third-order valence-electron chi connectivity index (χ3n) is 4.30. The molecule has 2 amide bonds. The van der Waals surface area contributed by atoms with Crippen molar-refractivity contribution in [3.8, 4) is 0 Å². The van der Waals surface area contributed by atoms with E-state index in [4.69, 9.17) is 4.74 Å². The molecule has 1 saturated heterocycles. The maximum absolute atomic E-state index is 12.2. The van der Waals surface area contributed by atoms with Gasteiger partial charge in [-0.1, -0.05) is 18.9 Å². The number of hydrogen-bond donors (Lipinski definition) is 2. The van der Waals surface area contributed by atoms with E-state index < -0.39 is 0 Å². The van der Waals surface area contributed by atoms with Crippen LogP contribution in [0.15, 0.2) is 24.3 Å². The molecule has 1 aliphatic carbocycles. The van der Waals surface area contributed by atoms with E-state index in [1.54, 1.807) is 24.3 Å². The largest absolute Gasteiger partial charge is 0.368 e. The molecule has 0 bridgehead atoms. The molecule has 3 rings (SSSR count). The Morgan fingerprint density at radius 1 is 1.09 bits per heavy atom. The Hall–Kier alpha value is -1.88. The van der Waals surface area contributed by atoms with Crippen molar-refractivity contribution in [3.63, 3.8) is 0 Å². The standard InChI is InChI=1S/C17H22N2O3/c20-16(18-13-6-1-2-7-13)12-5-3-8-14(11-12)19-17(21)15-9-4-10-22-15/h3,5,8,11,13,15H,1-2,4,6-7,9-10H2,(H,18,20)(H,19,21). The summed E-state index contributed by atoms with van der Waals surface area (Å²) in [6.45, 7) is 0.641. The number of rotatable bonds is 4. The fraction of sp³-hybridized carbons (Fsp3) is 0.529. The molecule has 2 N–H and O–H groups in total. The molecule has 5 heteroatoms. The molecule has 1 unspecified atom stereocenters. The fourth-order valence-corrected chi connectivity index (χ4v) is 3.08. The van der Waals surface area contributed by atoms with Gasteiger partial charge < -0.3 is 15.4 Å². The minimum Gasteiger partial charge on any atom is -0.368 e. The average molecular weight is 302 g/mol. The Labute approximate surface area is 130 Å². The summed E-state index contributed by atoms with van der Waals surface area (Å²) in [5.74, 6) is -0.203. The van der Waals surface area contributed by atoms with Crippen LogP contribution in [-0.4, -0.2) is 30.6 Å². The molecule has 2 fully saturated rings. The van der Waals surface area contributed by atoms with Crippen LogP contribution < -0.4 is 10.6 Å². The highest BCUT2D eigenvalue weighted by Crippen LogP contribution is 2.19. The molecule has 1 aliphatic heterocycles. The minimum atomic E-state index is -0.365.